The van der Waals surface area contributed by atoms with Crippen LogP contribution in [0.4, 0.5) is 22.0 Å². The Balaban J connectivity index is 1.38. The van der Waals surface area contributed by atoms with Gasteiger partial charge >= 0.3 is 0 Å². The summed E-state index contributed by atoms with van der Waals surface area (Å²) in [6, 6.07) is 10.6. The molecule has 10 heteroatoms. The molecule has 37 heavy (non-hydrogen) atoms. The van der Waals surface area contributed by atoms with Crippen molar-refractivity contribution in [2.24, 2.45) is 5.73 Å². The number of primary amides is 1. The third kappa shape index (κ3) is 5.61. The predicted molar refractivity (Wildman–Crippen MR) is 145 cm³/mol. The van der Waals surface area contributed by atoms with Crippen molar-refractivity contribution in [1.82, 2.24) is 15.0 Å². The first-order valence-corrected chi connectivity index (χ1v) is 13.1. The van der Waals surface area contributed by atoms with Crippen LogP contribution in [0.15, 0.2) is 42.6 Å². The van der Waals surface area contributed by atoms with E-state index in [0.29, 0.717) is 35.5 Å². The van der Waals surface area contributed by atoms with Crippen molar-refractivity contribution in [3.63, 3.8) is 0 Å². The van der Waals surface area contributed by atoms with Gasteiger partial charge in [-0.25, -0.2) is 14.4 Å². The maximum absolute atomic E-state index is 13.6. The molecule has 1 amide bonds. The summed E-state index contributed by atoms with van der Waals surface area (Å²) in [4.78, 5) is 32.3. The summed E-state index contributed by atoms with van der Waals surface area (Å²) >= 11 is 6.50. The lowest BCUT2D eigenvalue weighted by Gasteiger charge is -2.37. The molecule has 0 bridgehead atoms. The third-order valence-electron chi connectivity index (χ3n) is 7.11. The molecular weight excluding hydrogens is 493 g/mol. The highest BCUT2D eigenvalue weighted by molar-refractivity contribution is 6.33. The van der Waals surface area contributed by atoms with Crippen LogP contribution in [0, 0.1) is 5.82 Å². The summed E-state index contributed by atoms with van der Waals surface area (Å²) < 4.78 is 13.6. The molecule has 2 fully saturated rings. The number of hydrogen-bond acceptors (Lipinski definition) is 7. The minimum absolute atomic E-state index is 0.114. The Morgan fingerprint density at radius 2 is 1.81 bits per heavy atom. The number of aromatic nitrogens is 3. The number of carbonyl (C=O) groups excluding carboxylic acids is 1. The van der Waals surface area contributed by atoms with E-state index in [9.17, 15) is 9.18 Å². The van der Waals surface area contributed by atoms with E-state index in [1.807, 2.05) is 6.07 Å². The van der Waals surface area contributed by atoms with Crippen molar-refractivity contribution in [2.75, 3.05) is 47.4 Å². The van der Waals surface area contributed by atoms with Crippen LogP contribution in [0.25, 0.3) is 11.3 Å². The van der Waals surface area contributed by atoms with E-state index in [4.69, 9.17) is 27.3 Å². The van der Waals surface area contributed by atoms with Gasteiger partial charge in [0.2, 0.25) is 11.9 Å². The minimum atomic E-state index is -0.414. The second kappa shape index (κ2) is 10.9. The first-order valence-electron chi connectivity index (χ1n) is 12.8. The third-order valence-corrected chi connectivity index (χ3v) is 7.38. The Labute approximate surface area is 221 Å². The highest BCUT2D eigenvalue weighted by Gasteiger charge is 2.28. The van der Waals surface area contributed by atoms with E-state index in [0.717, 1.165) is 61.9 Å². The molecule has 2 aliphatic rings. The first-order chi connectivity index (χ1) is 17.9. The van der Waals surface area contributed by atoms with Gasteiger partial charge < -0.3 is 20.4 Å². The van der Waals surface area contributed by atoms with E-state index in [2.05, 4.69) is 26.6 Å². The van der Waals surface area contributed by atoms with E-state index in [1.54, 1.807) is 24.4 Å². The Morgan fingerprint density at radius 1 is 1.08 bits per heavy atom. The molecule has 0 radical (unpaired) electrons. The quantitative estimate of drug-likeness (QED) is 0.499. The highest BCUT2D eigenvalue weighted by Crippen LogP contribution is 2.31. The molecule has 2 N–H and O–H groups in total. The molecule has 1 aromatic carbocycles. The lowest BCUT2D eigenvalue weighted by molar-refractivity contribution is -0.117. The summed E-state index contributed by atoms with van der Waals surface area (Å²) in [5, 5.41) is 0.509. The van der Waals surface area contributed by atoms with Crippen molar-refractivity contribution in [3.8, 4) is 11.3 Å². The number of amides is 1. The van der Waals surface area contributed by atoms with E-state index >= 15 is 0 Å². The van der Waals surface area contributed by atoms with Gasteiger partial charge in [-0.15, -0.1) is 0 Å². The Morgan fingerprint density at radius 3 is 2.49 bits per heavy atom. The van der Waals surface area contributed by atoms with Gasteiger partial charge in [0, 0.05) is 56.6 Å². The van der Waals surface area contributed by atoms with E-state index < -0.39 is 5.91 Å². The highest BCUT2D eigenvalue weighted by atomic mass is 35.5. The van der Waals surface area contributed by atoms with Gasteiger partial charge in [0.15, 0.2) is 0 Å². The lowest BCUT2D eigenvalue weighted by Crippen LogP contribution is -2.47. The molecule has 5 rings (SSSR count). The zero-order chi connectivity index (χ0) is 25.9. The van der Waals surface area contributed by atoms with E-state index in [1.165, 1.54) is 12.1 Å². The number of rotatable bonds is 7. The molecule has 2 aromatic heterocycles. The second-order valence-electron chi connectivity index (χ2n) is 9.58. The number of halogens is 2. The van der Waals surface area contributed by atoms with Crippen LogP contribution in [0.1, 0.15) is 31.7 Å². The van der Waals surface area contributed by atoms with Crippen molar-refractivity contribution in [2.45, 2.75) is 38.6 Å². The molecule has 0 aliphatic carbocycles. The van der Waals surface area contributed by atoms with Gasteiger partial charge in [-0.1, -0.05) is 18.5 Å². The molecule has 4 heterocycles. The van der Waals surface area contributed by atoms with Gasteiger partial charge in [0.25, 0.3) is 0 Å². The maximum Gasteiger partial charge on any atom is 0.228 e. The van der Waals surface area contributed by atoms with Crippen LogP contribution < -0.4 is 20.4 Å². The minimum Gasteiger partial charge on any atom is -0.369 e. The lowest BCUT2D eigenvalue weighted by atomic mass is 10.1. The maximum atomic E-state index is 13.6. The van der Waals surface area contributed by atoms with Crippen LogP contribution >= 0.6 is 11.6 Å². The Bertz CT molecular complexity index is 1260. The summed E-state index contributed by atoms with van der Waals surface area (Å²) in [6.45, 7) is 6.04. The normalized spacial score (nSPS) is 17.9. The predicted octanol–water partition coefficient (Wildman–Crippen LogP) is 4.06. The zero-order valence-electron chi connectivity index (χ0n) is 20.9. The van der Waals surface area contributed by atoms with Crippen LogP contribution in [0.3, 0.4) is 0 Å². The SMILES string of the molecule is CCC1CCCN1c1nc(-c2ccc(F)cc2)cc(N2CCN(c3ncc(CC(N)=O)cc3Cl)CC2)n1. The number of hydrogen-bond donors (Lipinski definition) is 1. The Hall–Kier alpha value is -3.46. The van der Waals surface area contributed by atoms with Crippen molar-refractivity contribution >= 4 is 35.1 Å². The summed E-state index contributed by atoms with van der Waals surface area (Å²) in [7, 11) is 0. The number of nitrogens with two attached hydrogens (primary N) is 1. The van der Waals surface area contributed by atoms with E-state index in [-0.39, 0.29) is 12.2 Å². The molecular formula is C27H31ClFN7O. The average Bonchev–Trinajstić information content (AvgIpc) is 3.38. The van der Waals surface area contributed by atoms with Crippen LogP contribution in [0.5, 0.6) is 0 Å². The molecule has 2 saturated heterocycles. The Kier molecular flexibility index (Phi) is 7.41. The van der Waals surface area contributed by atoms with Crippen molar-refractivity contribution in [1.29, 1.82) is 0 Å². The zero-order valence-corrected chi connectivity index (χ0v) is 21.7. The molecule has 0 saturated carbocycles. The monoisotopic (exact) mass is 523 g/mol. The molecule has 8 nitrogen and oxygen atoms in total. The summed E-state index contributed by atoms with van der Waals surface area (Å²) in [5.74, 6) is 1.62. The molecule has 1 unspecified atom stereocenters. The molecule has 1 atom stereocenters. The number of benzene rings is 1. The summed E-state index contributed by atoms with van der Waals surface area (Å²) in [5.41, 5.74) is 7.65. The number of piperazine rings is 1. The van der Waals surface area contributed by atoms with Crippen LogP contribution in [-0.2, 0) is 11.2 Å². The second-order valence-corrected chi connectivity index (χ2v) is 9.99. The topological polar surface area (TPSA) is 91.5 Å². The van der Waals surface area contributed by atoms with Crippen LogP contribution in [-0.4, -0.2) is 59.6 Å². The van der Waals surface area contributed by atoms with Crippen molar-refractivity contribution < 1.29 is 9.18 Å². The standard InChI is InChI=1S/C27H31ClFN7O/c1-2-21-4-3-9-36(21)27-32-23(19-5-7-20(29)8-6-19)16-25(33-27)34-10-12-35(13-11-34)26-22(28)14-18(17-31-26)15-24(30)37/h5-8,14,16-17,21H,2-4,9-13,15H2,1H3,(H2,30,37). The number of pyridine rings is 1. The van der Waals surface area contributed by atoms with Crippen LogP contribution in [0.2, 0.25) is 5.02 Å². The van der Waals surface area contributed by atoms with Gasteiger partial charge in [0.1, 0.15) is 17.5 Å². The van der Waals surface area contributed by atoms with Gasteiger partial charge in [-0.05, 0) is 55.2 Å². The fraction of sp³-hybridized carbons (Fsp3) is 0.407. The largest absolute Gasteiger partial charge is 0.369 e. The van der Waals surface area contributed by atoms with Crippen molar-refractivity contribution in [3.05, 3.63) is 59.0 Å². The van der Waals surface area contributed by atoms with Gasteiger partial charge in [0.05, 0.1) is 17.1 Å². The van der Waals surface area contributed by atoms with Gasteiger partial charge in [-0.3, -0.25) is 4.79 Å². The molecule has 194 valence electrons. The average molecular weight is 524 g/mol. The molecule has 3 aromatic rings. The van der Waals surface area contributed by atoms with Gasteiger partial charge in [-0.2, -0.15) is 4.98 Å². The number of nitrogens with zero attached hydrogens (tertiary/aromatic N) is 6. The molecule has 2 aliphatic heterocycles. The fourth-order valence-electron chi connectivity index (χ4n) is 5.15. The first kappa shape index (κ1) is 25.2. The molecule has 0 spiro atoms. The fourth-order valence-corrected chi connectivity index (χ4v) is 5.46. The number of carbonyl (C=O) groups is 1. The number of anilines is 3. The summed E-state index contributed by atoms with van der Waals surface area (Å²) in [6.07, 6.45) is 5.08. The smallest absolute Gasteiger partial charge is 0.228 e.